The van der Waals surface area contributed by atoms with Gasteiger partial charge in [-0.15, -0.1) is 0 Å². The van der Waals surface area contributed by atoms with Crippen LogP contribution in [0.1, 0.15) is 28.5 Å². The highest BCUT2D eigenvalue weighted by atomic mass is 16.6. The quantitative estimate of drug-likeness (QED) is 0.323. The fourth-order valence-electron chi connectivity index (χ4n) is 4.29. The van der Waals surface area contributed by atoms with Crippen molar-refractivity contribution in [2.24, 2.45) is 0 Å². The van der Waals surface area contributed by atoms with Gasteiger partial charge in [-0.25, -0.2) is 0 Å². The fourth-order valence-corrected chi connectivity index (χ4v) is 4.29. The van der Waals surface area contributed by atoms with Crippen LogP contribution in [-0.4, -0.2) is 10.0 Å². The summed E-state index contributed by atoms with van der Waals surface area (Å²) in [5.74, 6) is -0.0810. The summed E-state index contributed by atoms with van der Waals surface area (Å²) in [6.45, 7) is 0. The van der Waals surface area contributed by atoms with E-state index < -0.39 is 16.8 Å². The number of rotatable bonds is 4. The van der Waals surface area contributed by atoms with Crippen LogP contribution in [0.5, 0.6) is 5.75 Å². The molecule has 0 radical (unpaired) electrons. The van der Waals surface area contributed by atoms with Crippen LogP contribution in [0.25, 0.3) is 0 Å². The number of fused-ring (bicyclic) bond motifs is 1. The lowest BCUT2D eigenvalue weighted by atomic mass is 9.78. The number of ether oxygens (including phenoxy) is 1. The highest BCUT2D eigenvalue weighted by Crippen LogP contribution is 2.51. The third-order valence-corrected chi connectivity index (χ3v) is 5.75. The van der Waals surface area contributed by atoms with Crippen molar-refractivity contribution >= 4 is 11.4 Å². The van der Waals surface area contributed by atoms with Gasteiger partial charge in [-0.2, -0.15) is 0 Å². The average molecular weight is 424 g/mol. The van der Waals surface area contributed by atoms with Crippen LogP contribution >= 0.6 is 0 Å². The molecule has 0 bridgehead atoms. The van der Waals surface area contributed by atoms with E-state index in [9.17, 15) is 15.2 Å². The van der Waals surface area contributed by atoms with Crippen LogP contribution in [0, 0.1) is 10.1 Å². The molecule has 1 aliphatic heterocycles. The Morgan fingerprint density at radius 1 is 0.844 bits per heavy atom. The molecule has 1 atom stereocenters. The minimum Gasteiger partial charge on any atom is -0.507 e. The van der Waals surface area contributed by atoms with Crippen molar-refractivity contribution in [2.75, 3.05) is 5.32 Å². The minimum absolute atomic E-state index is 0.0810. The van der Waals surface area contributed by atoms with Gasteiger partial charge in [0, 0.05) is 28.9 Å². The summed E-state index contributed by atoms with van der Waals surface area (Å²) in [4.78, 5) is 10.9. The summed E-state index contributed by atoms with van der Waals surface area (Å²) in [7, 11) is 0. The van der Waals surface area contributed by atoms with E-state index in [0.717, 1.165) is 22.4 Å². The number of aromatic hydroxyl groups is 1. The Morgan fingerprint density at radius 3 is 2.06 bits per heavy atom. The maximum atomic E-state index is 11.4. The Morgan fingerprint density at radius 2 is 1.44 bits per heavy atom. The summed E-state index contributed by atoms with van der Waals surface area (Å²) >= 11 is 0. The molecular weight excluding hydrogens is 404 g/mol. The molecule has 0 saturated carbocycles. The van der Waals surface area contributed by atoms with Crippen LogP contribution < -0.4 is 5.32 Å². The third kappa shape index (κ3) is 3.18. The first-order valence-electron chi connectivity index (χ1n) is 10.2. The molecule has 6 nitrogen and oxygen atoms in total. The topological polar surface area (TPSA) is 84.6 Å². The lowest BCUT2D eigenvalue weighted by molar-refractivity contribution is -0.385. The molecule has 0 aromatic heterocycles. The van der Waals surface area contributed by atoms with Gasteiger partial charge >= 0.3 is 0 Å². The van der Waals surface area contributed by atoms with Crippen LogP contribution in [0.2, 0.25) is 0 Å². The van der Waals surface area contributed by atoms with Gasteiger partial charge in [0.05, 0.1) is 4.92 Å². The van der Waals surface area contributed by atoms with E-state index in [1.807, 2.05) is 84.9 Å². The number of nitro groups is 1. The second-order valence-corrected chi connectivity index (χ2v) is 7.60. The van der Waals surface area contributed by atoms with Gasteiger partial charge in [-0.05, 0) is 23.3 Å². The number of nitrogens with zero attached hydrogens (tertiary/aromatic N) is 1. The number of hydrogen-bond donors (Lipinski definition) is 2. The second kappa shape index (κ2) is 7.83. The zero-order chi connectivity index (χ0) is 22.1. The molecule has 0 fully saturated rings. The number of anilines is 1. The molecule has 0 amide bonds. The van der Waals surface area contributed by atoms with E-state index in [0.29, 0.717) is 5.56 Å². The first-order chi connectivity index (χ1) is 15.6. The molecule has 1 heterocycles. The van der Waals surface area contributed by atoms with Crippen LogP contribution in [-0.2, 0) is 10.3 Å². The molecule has 158 valence electrons. The zero-order valence-corrected chi connectivity index (χ0v) is 17.0. The van der Waals surface area contributed by atoms with E-state index in [1.165, 1.54) is 18.2 Å². The molecule has 5 rings (SSSR count). The van der Waals surface area contributed by atoms with E-state index in [2.05, 4.69) is 5.32 Å². The molecule has 4 aromatic rings. The summed E-state index contributed by atoms with van der Waals surface area (Å²) in [5.41, 5.74) is 2.75. The number of benzene rings is 4. The Kier molecular flexibility index (Phi) is 4.84. The highest BCUT2D eigenvalue weighted by Gasteiger charge is 2.45. The van der Waals surface area contributed by atoms with E-state index in [-0.39, 0.29) is 11.4 Å². The number of non-ortho nitro benzene ring substituents is 1. The number of para-hydroxylation sites is 1. The lowest BCUT2D eigenvalue weighted by Gasteiger charge is -2.44. The standard InChI is InChI=1S/C26H20N2O4/c29-24-16-15-20(28(30)31)17-21(24)25-27-23-14-8-7-13-22(23)26(32-25,18-9-3-1-4-10-18)19-11-5-2-6-12-19/h1-17,25,27,29H. The van der Waals surface area contributed by atoms with Crippen molar-refractivity contribution in [3.8, 4) is 5.75 Å². The monoisotopic (exact) mass is 424 g/mol. The molecule has 0 spiro atoms. The Balaban J connectivity index is 1.77. The van der Waals surface area contributed by atoms with Gasteiger partial charge in [0.2, 0.25) is 0 Å². The molecule has 32 heavy (non-hydrogen) atoms. The first-order valence-corrected chi connectivity index (χ1v) is 10.2. The van der Waals surface area contributed by atoms with Crippen molar-refractivity contribution in [1.29, 1.82) is 0 Å². The molecule has 0 saturated heterocycles. The van der Waals surface area contributed by atoms with Crippen molar-refractivity contribution in [3.63, 3.8) is 0 Å². The predicted molar refractivity (Wildman–Crippen MR) is 121 cm³/mol. The summed E-state index contributed by atoms with van der Waals surface area (Å²) in [6.07, 6.45) is -0.829. The van der Waals surface area contributed by atoms with Crippen molar-refractivity contribution in [1.82, 2.24) is 0 Å². The third-order valence-electron chi connectivity index (χ3n) is 5.75. The highest BCUT2D eigenvalue weighted by molar-refractivity contribution is 5.64. The van der Waals surface area contributed by atoms with Gasteiger partial charge in [0.15, 0.2) is 6.23 Å². The molecular formula is C26H20N2O4. The Labute approximate surface area is 184 Å². The van der Waals surface area contributed by atoms with Gasteiger partial charge < -0.3 is 15.2 Å². The second-order valence-electron chi connectivity index (χ2n) is 7.60. The summed E-state index contributed by atoms with van der Waals surface area (Å²) in [5, 5.41) is 25.3. The SMILES string of the molecule is O=[N+]([O-])c1ccc(O)c(C2Nc3ccccc3C(c3ccccc3)(c3ccccc3)O2)c1. The smallest absolute Gasteiger partial charge is 0.270 e. The molecule has 0 aliphatic carbocycles. The maximum absolute atomic E-state index is 11.4. The predicted octanol–water partition coefficient (Wildman–Crippen LogP) is 5.73. The largest absolute Gasteiger partial charge is 0.507 e. The van der Waals surface area contributed by atoms with Crippen LogP contribution in [0.15, 0.2) is 103 Å². The number of nitro benzene ring substituents is 1. The Hall–Kier alpha value is -4.16. The number of phenolic OH excluding ortho intramolecular Hbond substituents is 1. The van der Waals surface area contributed by atoms with Crippen molar-refractivity contribution < 1.29 is 14.8 Å². The molecule has 1 aliphatic rings. The van der Waals surface area contributed by atoms with E-state index >= 15 is 0 Å². The summed E-state index contributed by atoms with van der Waals surface area (Å²) < 4.78 is 6.78. The van der Waals surface area contributed by atoms with Crippen LogP contribution in [0.3, 0.4) is 0 Å². The average Bonchev–Trinajstić information content (AvgIpc) is 2.84. The molecule has 1 unspecified atom stereocenters. The zero-order valence-electron chi connectivity index (χ0n) is 17.0. The van der Waals surface area contributed by atoms with E-state index in [4.69, 9.17) is 4.74 Å². The first kappa shape index (κ1) is 19.8. The van der Waals surface area contributed by atoms with E-state index in [1.54, 1.807) is 0 Å². The fraction of sp³-hybridized carbons (Fsp3) is 0.0769. The molecule has 6 heteroatoms. The van der Waals surface area contributed by atoms with Gasteiger partial charge in [0.1, 0.15) is 11.4 Å². The molecule has 2 N–H and O–H groups in total. The number of phenols is 1. The van der Waals surface area contributed by atoms with Crippen molar-refractivity contribution in [2.45, 2.75) is 11.8 Å². The lowest BCUT2D eigenvalue weighted by Crippen LogP contribution is -2.40. The minimum atomic E-state index is -0.994. The molecule has 4 aromatic carbocycles. The van der Waals surface area contributed by atoms with Gasteiger partial charge in [0.25, 0.3) is 5.69 Å². The summed E-state index contributed by atoms with van der Waals surface area (Å²) in [6, 6.07) is 31.5. The van der Waals surface area contributed by atoms with Crippen LogP contribution in [0.4, 0.5) is 11.4 Å². The number of hydrogen-bond acceptors (Lipinski definition) is 5. The maximum Gasteiger partial charge on any atom is 0.270 e. The Bertz CT molecular complexity index is 1240. The van der Waals surface area contributed by atoms with Gasteiger partial charge in [-0.3, -0.25) is 10.1 Å². The van der Waals surface area contributed by atoms with Crippen molar-refractivity contribution in [3.05, 3.63) is 135 Å². The number of nitrogens with one attached hydrogen (secondary N) is 1. The normalized spacial score (nSPS) is 16.6. The van der Waals surface area contributed by atoms with Gasteiger partial charge in [-0.1, -0.05) is 78.9 Å².